The van der Waals surface area contributed by atoms with Crippen molar-refractivity contribution in [3.8, 4) is 0 Å². The molecule has 6 rings (SSSR count). The lowest BCUT2D eigenvalue weighted by Gasteiger charge is -2.22. The van der Waals surface area contributed by atoms with Crippen LogP contribution in [0.4, 0.5) is 43.2 Å². The third-order valence-electron chi connectivity index (χ3n) is 8.82. The van der Waals surface area contributed by atoms with Gasteiger partial charge in [-0.05, 0) is 103 Å². The van der Waals surface area contributed by atoms with Crippen LogP contribution in [0.2, 0.25) is 15.1 Å². The first-order valence-electron chi connectivity index (χ1n) is 19.2. The molecule has 0 aliphatic rings. The van der Waals surface area contributed by atoms with E-state index in [0.29, 0.717) is 80.7 Å². The third kappa shape index (κ3) is 13.1. The van der Waals surface area contributed by atoms with Crippen molar-refractivity contribution in [3.05, 3.63) is 165 Å². The maximum absolute atomic E-state index is 13.4. The number of halogens is 5. The fourth-order valence-electron chi connectivity index (χ4n) is 5.96. The molecule has 10 nitrogen and oxygen atoms in total. The van der Waals surface area contributed by atoms with Crippen molar-refractivity contribution in [1.82, 2.24) is 9.97 Å². The largest absolute Gasteiger partial charge is 0.326 e. The summed E-state index contributed by atoms with van der Waals surface area (Å²) in [5.74, 6) is -1.05. The summed E-state index contributed by atoms with van der Waals surface area (Å²) in [6, 6.07) is 29.8. The standard InChI is InChI=1S/C23H20Cl2FN3O2.C23H21ClFN3O2/c1-2-4-23(31)29(17-9-7-15(26)8-10-17)21-13-16(11-12-27-21)28-22(30)14-18-19(24)5-3-6-20(18)25;1-2-5-23(30)28(19-10-8-17(25)9-11-19)21-15-18(12-13-26-21)27-22(29)14-16-6-3-4-7-20(16)24/h3,5-13H,2,4,14H2,1H3,(H,27,28,30);3-4,6-13,15H,2,5,14H2,1H3,(H,26,27,29). The number of amides is 4. The van der Waals surface area contributed by atoms with Gasteiger partial charge in [0.05, 0.1) is 24.2 Å². The molecule has 0 saturated heterocycles. The van der Waals surface area contributed by atoms with Gasteiger partial charge in [0, 0.05) is 63.8 Å². The molecule has 0 spiro atoms. The number of benzene rings is 4. The lowest BCUT2D eigenvalue weighted by Crippen LogP contribution is -2.26. The molecule has 4 amide bonds. The molecule has 0 atom stereocenters. The summed E-state index contributed by atoms with van der Waals surface area (Å²) in [4.78, 5) is 61.9. The average Bonchev–Trinajstić information content (AvgIpc) is 3.23. The molecule has 0 aliphatic heterocycles. The highest BCUT2D eigenvalue weighted by Crippen LogP contribution is 2.30. The SMILES string of the molecule is CCCC(=O)N(c1ccc(F)cc1)c1cc(NC(=O)Cc2c(Cl)cccc2Cl)ccn1.CCCC(=O)N(c1ccc(F)cc1)c1cc(NC(=O)Cc2ccccc2Cl)ccn1. The molecule has 314 valence electrons. The fraction of sp³-hybridized carbons (Fsp3) is 0.174. The van der Waals surface area contributed by atoms with Gasteiger partial charge in [-0.15, -0.1) is 0 Å². The molecule has 0 saturated carbocycles. The third-order valence-corrected chi connectivity index (χ3v) is 9.90. The zero-order valence-corrected chi connectivity index (χ0v) is 35.4. The molecule has 0 unspecified atom stereocenters. The molecule has 15 heteroatoms. The van der Waals surface area contributed by atoms with Crippen molar-refractivity contribution in [3.63, 3.8) is 0 Å². The van der Waals surface area contributed by atoms with Crippen LogP contribution in [0.15, 0.2) is 128 Å². The summed E-state index contributed by atoms with van der Waals surface area (Å²) in [5.41, 5.74) is 3.18. The van der Waals surface area contributed by atoms with Gasteiger partial charge >= 0.3 is 0 Å². The van der Waals surface area contributed by atoms with Crippen LogP contribution in [0.5, 0.6) is 0 Å². The second-order valence-corrected chi connectivity index (χ2v) is 14.7. The molecule has 0 fully saturated rings. The van der Waals surface area contributed by atoms with Gasteiger partial charge < -0.3 is 10.6 Å². The van der Waals surface area contributed by atoms with Gasteiger partial charge in [-0.2, -0.15) is 0 Å². The van der Waals surface area contributed by atoms with Crippen molar-refractivity contribution in [2.75, 3.05) is 20.4 Å². The Morgan fingerprint density at radius 3 is 1.43 bits per heavy atom. The quantitative estimate of drug-likeness (QED) is 0.112. The van der Waals surface area contributed by atoms with Crippen LogP contribution < -0.4 is 20.4 Å². The second-order valence-electron chi connectivity index (χ2n) is 13.5. The van der Waals surface area contributed by atoms with Crippen LogP contribution in [0, 0.1) is 11.6 Å². The van der Waals surface area contributed by atoms with Crippen LogP contribution in [-0.2, 0) is 32.0 Å². The monoisotopic (exact) mass is 884 g/mol. The first-order valence-corrected chi connectivity index (χ1v) is 20.3. The maximum atomic E-state index is 13.4. The number of hydrogen-bond donors (Lipinski definition) is 2. The molecular weight excluding hydrogens is 845 g/mol. The van der Waals surface area contributed by atoms with E-state index in [2.05, 4.69) is 20.6 Å². The van der Waals surface area contributed by atoms with Crippen molar-refractivity contribution < 1.29 is 28.0 Å². The summed E-state index contributed by atoms with van der Waals surface area (Å²) in [6.07, 6.45) is 5.01. The van der Waals surface area contributed by atoms with Gasteiger partial charge in [0.1, 0.15) is 23.3 Å². The van der Waals surface area contributed by atoms with E-state index >= 15 is 0 Å². The molecule has 2 heterocycles. The van der Waals surface area contributed by atoms with Crippen LogP contribution >= 0.6 is 34.8 Å². The van der Waals surface area contributed by atoms with Crippen LogP contribution in [0.3, 0.4) is 0 Å². The highest BCUT2D eigenvalue weighted by atomic mass is 35.5. The normalized spacial score (nSPS) is 10.5. The Morgan fingerprint density at radius 1 is 0.557 bits per heavy atom. The number of nitrogens with one attached hydrogen (secondary N) is 2. The van der Waals surface area contributed by atoms with Gasteiger partial charge in [0.25, 0.3) is 0 Å². The molecule has 0 bridgehead atoms. The van der Waals surface area contributed by atoms with Crippen LogP contribution in [0.25, 0.3) is 0 Å². The summed E-state index contributed by atoms with van der Waals surface area (Å²) in [6.45, 7) is 3.80. The molecule has 61 heavy (non-hydrogen) atoms. The molecule has 4 aromatic carbocycles. The number of rotatable bonds is 14. The number of pyridine rings is 2. The fourth-order valence-corrected chi connectivity index (χ4v) is 6.70. The summed E-state index contributed by atoms with van der Waals surface area (Å²) >= 11 is 18.4. The minimum Gasteiger partial charge on any atom is -0.326 e. The van der Waals surface area contributed by atoms with Crippen molar-refractivity contribution >= 4 is 92.8 Å². The van der Waals surface area contributed by atoms with Gasteiger partial charge in [-0.1, -0.05) is 72.9 Å². The van der Waals surface area contributed by atoms with Gasteiger partial charge in [-0.25, -0.2) is 18.7 Å². The van der Waals surface area contributed by atoms with Crippen molar-refractivity contribution in [2.45, 2.75) is 52.4 Å². The zero-order valence-electron chi connectivity index (χ0n) is 33.2. The van der Waals surface area contributed by atoms with E-state index in [0.717, 1.165) is 5.56 Å². The lowest BCUT2D eigenvalue weighted by molar-refractivity contribution is -0.118. The Bertz CT molecular complexity index is 2450. The molecular formula is C46H41Cl3F2N6O4. The summed E-state index contributed by atoms with van der Waals surface area (Å²) < 4.78 is 26.7. The Labute approximate surface area is 367 Å². The number of carbonyl (C=O) groups is 4. The summed E-state index contributed by atoms with van der Waals surface area (Å²) in [7, 11) is 0. The average molecular weight is 886 g/mol. The minimum atomic E-state index is -0.404. The van der Waals surface area contributed by atoms with Crippen molar-refractivity contribution in [1.29, 1.82) is 0 Å². The van der Waals surface area contributed by atoms with Crippen LogP contribution in [-0.4, -0.2) is 33.6 Å². The summed E-state index contributed by atoms with van der Waals surface area (Å²) in [5, 5.41) is 6.93. The van der Waals surface area contributed by atoms with E-state index in [1.165, 1.54) is 70.7 Å². The number of anilines is 6. The Morgan fingerprint density at radius 2 is 0.984 bits per heavy atom. The Kier molecular flexibility index (Phi) is 16.8. The predicted molar refractivity (Wildman–Crippen MR) is 238 cm³/mol. The lowest BCUT2D eigenvalue weighted by atomic mass is 10.1. The molecule has 2 aromatic heterocycles. The number of hydrogen-bond acceptors (Lipinski definition) is 6. The first-order chi connectivity index (χ1) is 29.4. The van der Waals surface area contributed by atoms with Crippen LogP contribution in [0.1, 0.15) is 50.7 Å². The topological polar surface area (TPSA) is 125 Å². The van der Waals surface area contributed by atoms with E-state index in [1.807, 2.05) is 19.9 Å². The molecule has 6 aromatic rings. The number of nitrogens with zero attached hydrogens (tertiary/aromatic N) is 4. The molecule has 0 radical (unpaired) electrons. The first kappa shape index (κ1) is 45.9. The second kappa shape index (κ2) is 22.4. The molecule has 0 aliphatic carbocycles. The number of carbonyl (C=O) groups excluding carboxylic acids is 4. The van der Waals surface area contributed by atoms with E-state index in [4.69, 9.17) is 34.8 Å². The van der Waals surface area contributed by atoms with Gasteiger partial charge in [-0.3, -0.25) is 29.0 Å². The Hall–Kier alpha value is -6.21. The highest BCUT2D eigenvalue weighted by molar-refractivity contribution is 6.36. The smallest absolute Gasteiger partial charge is 0.232 e. The van der Waals surface area contributed by atoms with E-state index in [1.54, 1.807) is 60.7 Å². The van der Waals surface area contributed by atoms with Gasteiger partial charge in [0.15, 0.2) is 0 Å². The Balaban J connectivity index is 0.000000231. The minimum absolute atomic E-state index is 0.00734. The maximum Gasteiger partial charge on any atom is 0.232 e. The van der Waals surface area contributed by atoms with E-state index < -0.39 is 11.6 Å². The molecule has 2 N–H and O–H groups in total. The van der Waals surface area contributed by atoms with E-state index in [-0.39, 0.29) is 36.5 Å². The van der Waals surface area contributed by atoms with Crippen molar-refractivity contribution in [2.24, 2.45) is 0 Å². The predicted octanol–water partition coefficient (Wildman–Crippen LogP) is 11.7. The number of aromatic nitrogens is 2. The zero-order chi connectivity index (χ0) is 43.9. The highest BCUT2D eigenvalue weighted by Gasteiger charge is 2.21. The van der Waals surface area contributed by atoms with E-state index in [9.17, 15) is 28.0 Å². The van der Waals surface area contributed by atoms with Gasteiger partial charge in [0.2, 0.25) is 23.6 Å².